The molecule has 0 saturated heterocycles. The maximum Gasteiger partial charge on any atom is 0.271 e. The van der Waals surface area contributed by atoms with E-state index in [9.17, 15) is 4.79 Å². The van der Waals surface area contributed by atoms with Gasteiger partial charge < -0.3 is 4.74 Å². The summed E-state index contributed by atoms with van der Waals surface area (Å²) >= 11 is 3.38. The smallest absolute Gasteiger partial charge is 0.271 e. The van der Waals surface area contributed by atoms with Crippen molar-refractivity contribution in [3.63, 3.8) is 0 Å². The molecule has 2 aromatic rings. The van der Waals surface area contributed by atoms with Crippen LogP contribution in [0, 0.1) is 0 Å². The predicted molar refractivity (Wildman–Crippen MR) is 74.6 cm³/mol. The van der Waals surface area contributed by atoms with Gasteiger partial charge in [0.05, 0.1) is 17.8 Å². The Morgan fingerprint density at radius 3 is 3.05 bits per heavy atom. The molecule has 0 saturated carbocycles. The van der Waals surface area contributed by atoms with E-state index in [1.54, 1.807) is 13.3 Å². The molecule has 8 heteroatoms. The maximum atomic E-state index is 11.0. The first-order valence-corrected chi connectivity index (χ1v) is 6.03. The Morgan fingerprint density at radius 2 is 2.37 bits per heavy atom. The molecule has 0 atom stereocenters. The van der Waals surface area contributed by atoms with Crippen molar-refractivity contribution in [3.05, 3.63) is 44.8 Å². The van der Waals surface area contributed by atoms with Gasteiger partial charge >= 0.3 is 0 Å². The summed E-state index contributed by atoms with van der Waals surface area (Å²) in [5, 5.41) is 11.1. The van der Waals surface area contributed by atoms with E-state index < -0.39 is 0 Å². The van der Waals surface area contributed by atoms with Crippen LogP contribution in [0.5, 0.6) is 5.75 Å². The van der Waals surface area contributed by atoms with Crippen molar-refractivity contribution in [2.45, 2.75) is 0 Å². The first-order valence-electron chi connectivity index (χ1n) is 5.23. The summed E-state index contributed by atoms with van der Waals surface area (Å²) in [6.07, 6.45) is 2.66. The highest BCUT2D eigenvalue weighted by molar-refractivity contribution is 9.10. The van der Waals surface area contributed by atoms with Gasteiger partial charge in [-0.3, -0.25) is 9.78 Å². The number of aromatic amines is 1. The van der Waals surface area contributed by atoms with E-state index in [1.807, 2.05) is 18.2 Å². The number of benzene rings is 1. The fraction of sp³-hybridized carbons (Fsp3) is 0.0909. The average Bonchev–Trinajstić information content (AvgIpc) is 2.39. The molecule has 98 valence electrons. The first-order chi connectivity index (χ1) is 9.19. The fourth-order valence-corrected chi connectivity index (χ4v) is 1.85. The summed E-state index contributed by atoms with van der Waals surface area (Å²) in [5.74, 6) is 0.916. The minimum absolute atomic E-state index is 0.177. The molecular formula is C11H10BrN5O2. The predicted octanol–water partition coefficient (Wildman–Crippen LogP) is 1.38. The lowest BCUT2D eigenvalue weighted by molar-refractivity contribution is 0.412. The number of hydrogen-bond acceptors (Lipinski definition) is 6. The normalized spacial score (nSPS) is 10.6. The van der Waals surface area contributed by atoms with Crippen molar-refractivity contribution in [1.82, 2.24) is 15.2 Å². The highest BCUT2D eigenvalue weighted by atomic mass is 79.9. The summed E-state index contributed by atoms with van der Waals surface area (Å²) in [6.45, 7) is 0. The van der Waals surface area contributed by atoms with Gasteiger partial charge in [-0.05, 0) is 39.7 Å². The van der Waals surface area contributed by atoms with Crippen LogP contribution in [-0.4, -0.2) is 28.5 Å². The van der Waals surface area contributed by atoms with Crippen LogP contribution in [0.2, 0.25) is 0 Å². The van der Waals surface area contributed by atoms with Crippen LogP contribution in [0.25, 0.3) is 0 Å². The standard InChI is InChI=1S/C11H10BrN5O2/c1-19-9-3-2-7(4-8(9)12)5-13-16-11-15-10(18)6-14-17-11/h2-6H,1H3,(H2,15,16,17,18)/b13-5+. The molecule has 0 amide bonds. The topological polar surface area (TPSA) is 92.3 Å². The largest absolute Gasteiger partial charge is 0.496 e. The molecule has 1 aromatic heterocycles. The van der Waals surface area contributed by atoms with E-state index in [0.717, 1.165) is 22.0 Å². The molecule has 7 nitrogen and oxygen atoms in total. The minimum atomic E-state index is -0.347. The van der Waals surface area contributed by atoms with Gasteiger partial charge in [0.15, 0.2) is 0 Å². The van der Waals surface area contributed by atoms with Crippen molar-refractivity contribution >= 4 is 28.1 Å². The summed E-state index contributed by atoms with van der Waals surface area (Å²) in [4.78, 5) is 13.4. The van der Waals surface area contributed by atoms with Gasteiger partial charge in [0, 0.05) is 0 Å². The van der Waals surface area contributed by atoms with Crippen LogP contribution in [0.1, 0.15) is 5.56 Å². The third-order valence-corrected chi connectivity index (χ3v) is 2.75. The van der Waals surface area contributed by atoms with Crippen molar-refractivity contribution < 1.29 is 4.74 Å². The molecule has 0 spiro atoms. The molecule has 2 N–H and O–H groups in total. The van der Waals surface area contributed by atoms with Crippen LogP contribution in [0.15, 0.2) is 38.8 Å². The van der Waals surface area contributed by atoms with Crippen LogP contribution < -0.4 is 15.7 Å². The van der Waals surface area contributed by atoms with Gasteiger partial charge in [0.1, 0.15) is 11.9 Å². The number of hydrogen-bond donors (Lipinski definition) is 2. The van der Waals surface area contributed by atoms with Crippen molar-refractivity contribution in [2.75, 3.05) is 12.5 Å². The van der Waals surface area contributed by atoms with Gasteiger partial charge in [0.25, 0.3) is 5.56 Å². The summed E-state index contributed by atoms with van der Waals surface area (Å²) < 4.78 is 5.95. The molecule has 0 radical (unpaired) electrons. The Kier molecular flexibility index (Phi) is 4.24. The lowest BCUT2D eigenvalue weighted by Gasteiger charge is -2.03. The molecule has 2 rings (SSSR count). The van der Waals surface area contributed by atoms with E-state index >= 15 is 0 Å². The number of nitrogens with one attached hydrogen (secondary N) is 2. The number of ether oxygens (including phenoxy) is 1. The fourth-order valence-electron chi connectivity index (χ4n) is 1.29. The minimum Gasteiger partial charge on any atom is -0.496 e. The maximum absolute atomic E-state index is 11.0. The molecule has 0 bridgehead atoms. The molecule has 19 heavy (non-hydrogen) atoms. The van der Waals surface area contributed by atoms with Crippen LogP contribution in [-0.2, 0) is 0 Å². The second-order valence-electron chi connectivity index (χ2n) is 3.45. The van der Waals surface area contributed by atoms with Gasteiger partial charge in [-0.1, -0.05) is 0 Å². The Bertz CT molecular complexity index is 656. The van der Waals surface area contributed by atoms with Gasteiger partial charge in [-0.2, -0.15) is 5.10 Å². The van der Waals surface area contributed by atoms with Crippen molar-refractivity contribution in [2.24, 2.45) is 5.10 Å². The molecule has 1 aromatic carbocycles. The van der Waals surface area contributed by atoms with Gasteiger partial charge in [-0.25, -0.2) is 5.43 Å². The van der Waals surface area contributed by atoms with E-state index in [0.29, 0.717) is 0 Å². The number of halogens is 1. The van der Waals surface area contributed by atoms with E-state index in [2.05, 4.69) is 41.6 Å². The molecule has 0 fully saturated rings. The molecule has 1 heterocycles. The molecule has 0 aliphatic rings. The SMILES string of the molecule is COc1ccc(/C=N/Nc2nncc(=O)[nH]2)cc1Br. The summed E-state index contributed by atoms with van der Waals surface area (Å²) in [6, 6.07) is 5.51. The molecule has 0 aliphatic heterocycles. The third-order valence-electron chi connectivity index (χ3n) is 2.13. The van der Waals surface area contributed by atoms with Crippen LogP contribution in [0.3, 0.4) is 0 Å². The first kappa shape index (κ1) is 13.2. The number of hydrazone groups is 1. The Morgan fingerprint density at radius 1 is 1.53 bits per heavy atom. The number of aromatic nitrogens is 3. The number of nitrogens with zero attached hydrogens (tertiary/aromatic N) is 3. The van der Waals surface area contributed by atoms with E-state index in [1.165, 1.54) is 0 Å². The number of anilines is 1. The zero-order valence-electron chi connectivity index (χ0n) is 9.92. The number of rotatable bonds is 4. The lowest BCUT2D eigenvalue weighted by Crippen LogP contribution is -2.10. The molecular weight excluding hydrogens is 314 g/mol. The highest BCUT2D eigenvalue weighted by Gasteiger charge is 1.99. The second kappa shape index (κ2) is 6.10. The zero-order valence-corrected chi connectivity index (χ0v) is 11.5. The third kappa shape index (κ3) is 3.62. The van der Waals surface area contributed by atoms with Crippen molar-refractivity contribution in [3.8, 4) is 5.75 Å². The van der Waals surface area contributed by atoms with E-state index in [4.69, 9.17) is 4.74 Å². The Hall–Kier alpha value is -2.22. The lowest BCUT2D eigenvalue weighted by atomic mass is 10.2. The molecule has 0 unspecified atom stereocenters. The van der Waals surface area contributed by atoms with Crippen molar-refractivity contribution in [1.29, 1.82) is 0 Å². The van der Waals surface area contributed by atoms with E-state index in [-0.39, 0.29) is 11.5 Å². The monoisotopic (exact) mass is 323 g/mol. The second-order valence-corrected chi connectivity index (χ2v) is 4.30. The highest BCUT2D eigenvalue weighted by Crippen LogP contribution is 2.24. The zero-order chi connectivity index (χ0) is 13.7. The Labute approximate surface area is 116 Å². The number of H-pyrrole nitrogens is 1. The molecule has 0 aliphatic carbocycles. The van der Waals surface area contributed by atoms with Gasteiger partial charge in [-0.15, -0.1) is 10.2 Å². The summed E-state index contributed by atoms with van der Waals surface area (Å²) in [7, 11) is 1.60. The van der Waals surface area contributed by atoms with Gasteiger partial charge in [0.2, 0.25) is 5.95 Å². The van der Waals surface area contributed by atoms with Crippen LogP contribution >= 0.6 is 15.9 Å². The van der Waals surface area contributed by atoms with Crippen LogP contribution in [0.4, 0.5) is 5.95 Å². The average molecular weight is 324 g/mol. The quantitative estimate of drug-likeness (QED) is 0.655. The number of methoxy groups -OCH3 is 1. The summed E-state index contributed by atoms with van der Waals surface area (Å²) in [5.41, 5.74) is 3.08. The Balaban J connectivity index is 2.07.